The van der Waals surface area contributed by atoms with E-state index in [2.05, 4.69) is 30.5 Å². The first-order chi connectivity index (χ1) is 9.02. The molecule has 1 saturated carbocycles. The van der Waals surface area contributed by atoms with E-state index in [1.165, 1.54) is 5.56 Å². The predicted octanol–water partition coefficient (Wildman–Crippen LogP) is 3.84. The van der Waals surface area contributed by atoms with Gasteiger partial charge in [0.25, 0.3) is 0 Å². The van der Waals surface area contributed by atoms with E-state index < -0.39 is 14.7 Å². The van der Waals surface area contributed by atoms with E-state index in [0.717, 1.165) is 12.8 Å². The standard InChI is InChI=1S/C16H23AsO2/c1-16(17(2)3)11-14(9-10-15(16)18)19-12-13-7-5-4-6-8-13/h4-8,14H,9-12H2,1-3H3. The van der Waals surface area contributed by atoms with E-state index in [-0.39, 0.29) is 10.3 Å². The average Bonchev–Trinajstić information content (AvgIpc) is 2.41. The van der Waals surface area contributed by atoms with Crippen LogP contribution >= 0.6 is 0 Å². The monoisotopic (exact) mass is 322 g/mol. The second-order valence-corrected chi connectivity index (χ2v) is 11.6. The molecule has 0 radical (unpaired) electrons. The molecule has 0 aromatic heterocycles. The summed E-state index contributed by atoms with van der Waals surface area (Å²) in [6, 6.07) is 10.3. The van der Waals surface area contributed by atoms with Gasteiger partial charge in [0.05, 0.1) is 0 Å². The van der Waals surface area contributed by atoms with Crippen LogP contribution in [0.2, 0.25) is 15.6 Å². The van der Waals surface area contributed by atoms with Crippen molar-refractivity contribution in [3.05, 3.63) is 35.9 Å². The summed E-state index contributed by atoms with van der Waals surface area (Å²) in [6.07, 6.45) is 2.76. The molecule has 2 rings (SSSR count). The Morgan fingerprint density at radius 3 is 2.63 bits per heavy atom. The number of Topliss-reactive ketones (excluding diaryl/α,β-unsaturated/α-hetero) is 1. The molecule has 2 unspecified atom stereocenters. The van der Waals surface area contributed by atoms with Gasteiger partial charge in [-0.15, -0.1) is 0 Å². The van der Waals surface area contributed by atoms with E-state index in [4.69, 9.17) is 4.74 Å². The summed E-state index contributed by atoms with van der Waals surface area (Å²) >= 11 is -1.06. The molecule has 1 aliphatic carbocycles. The number of benzene rings is 1. The first-order valence-electron chi connectivity index (χ1n) is 6.88. The zero-order chi connectivity index (χ0) is 13.9. The van der Waals surface area contributed by atoms with Gasteiger partial charge in [-0.25, -0.2) is 0 Å². The molecule has 0 saturated heterocycles. The molecular formula is C16H23AsO2. The summed E-state index contributed by atoms with van der Waals surface area (Å²) in [6.45, 7) is 2.82. The van der Waals surface area contributed by atoms with Gasteiger partial charge >= 0.3 is 120 Å². The van der Waals surface area contributed by atoms with Crippen LogP contribution in [0.4, 0.5) is 0 Å². The molecule has 0 N–H and O–H groups in total. The van der Waals surface area contributed by atoms with Crippen molar-refractivity contribution in [3.8, 4) is 0 Å². The number of rotatable bonds is 4. The third-order valence-corrected chi connectivity index (χ3v) is 9.28. The van der Waals surface area contributed by atoms with Crippen LogP contribution in [0.25, 0.3) is 0 Å². The van der Waals surface area contributed by atoms with Gasteiger partial charge in [0.1, 0.15) is 0 Å². The number of carbonyl (C=O) groups excluding carboxylic acids is 1. The first kappa shape index (κ1) is 14.8. The fourth-order valence-electron chi connectivity index (χ4n) is 2.58. The summed E-state index contributed by atoms with van der Waals surface area (Å²) in [5.41, 5.74) is 5.78. The van der Waals surface area contributed by atoms with Crippen LogP contribution in [0, 0.1) is 0 Å². The van der Waals surface area contributed by atoms with Gasteiger partial charge in [-0.3, -0.25) is 0 Å². The maximum atomic E-state index is 12.2. The van der Waals surface area contributed by atoms with Crippen LogP contribution in [0.1, 0.15) is 31.7 Å². The van der Waals surface area contributed by atoms with Crippen LogP contribution in [0.15, 0.2) is 30.3 Å². The van der Waals surface area contributed by atoms with Crippen LogP contribution in [0.5, 0.6) is 0 Å². The Kier molecular flexibility index (Phi) is 4.86. The molecule has 2 atom stereocenters. The average molecular weight is 322 g/mol. The molecule has 1 aromatic rings. The Balaban J connectivity index is 1.94. The Hall–Kier alpha value is -0.592. The fraction of sp³-hybridized carbons (Fsp3) is 0.562. The Bertz CT molecular complexity index is 430. The van der Waals surface area contributed by atoms with Crippen LogP contribution in [0.3, 0.4) is 0 Å². The molecule has 0 aliphatic heterocycles. The van der Waals surface area contributed by atoms with Crippen LogP contribution in [-0.4, -0.2) is 26.5 Å². The van der Waals surface area contributed by atoms with Crippen LogP contribution < -0.4 is 0 Å². The molecule has 2 nitrogen and oxygen atoms in total. The molecule has 1 aliphatic rings. The van der Waals surface area contributed by atoms with Gasteiger partial charge in [-0.1, -0.05) is 0 Å². The maximum absolute atomic E-state index is 12.2. The number of hydrogen-bond acceptors (Lipinski definition) is 2. The topological polar surface area (TPSA) is 26.3 Å². The van der Waals surface area contributed by atoms with E-state index in [0.29, 0.717) is 18.8 Å². The van der Waals surface area contributed by atoms with Crippen molar-refractivity contribution in [1.29, 1.82) is 0 Å². The zero-order valence-electron chi connectivity index (χ0n) is 12.1. The third kappa shape index (κ3) is 3.49. The van der Waals surface area contributed by atoms with Gasteiger partial charge in [0, 0.05) is 0 Å². The van der Waals surface area contributed by atoms with Crippen LogP contribution in [-0.2, 0) is 16.1 Å². The fourth-order valence-corrected chi connectivity index (χ4v) is 5.06. The normalized spacial score (nSPS) is 27.8. The zero-order valence-corrected chi connectivity index (χ0v) is 13.9. The minimum atomic E-state index is -1.06. The van der Waals surface area contributed by atoms with Crippen molar-refractivity contribution >= 4 is 20.4 Å². The summed E-state index contributed by atoms with van der Waals surface area (Å²) in [7, 11) is 0. The van der Waals surface area contributed by atoms with Crippen molar-refractivity contribution in [3.63, 3.8) is 0 Å². The SMILES string of the molecule is C[As](C)C1(C)CC(OCc2ccccc2)CCC1=O. The van der Waals surface area contributed by atoms with Crippen molar-refractivity contribution in [2.24, 2.45) is 0 Å². The van der Waals surface area contributed by atoms with Crippen molar-refractivity contribution in [1.82, 2.24) is 0 Å². The Morgan fingerprint density at radius 1 is 1.32 bits per heavy atom. The molecule has 19 heavy (non-hydrogen) atoms. The number of hydrogen-bond donors (Lipinski definition) is 0. The van der Waals surface area contributed by atoms with Gasteiger partial charge in [0.15, 0.2) is 0 Å². The van der Waals surface area contributed by atoms with Crippen molar-refractivity contribution < 1.29 is 9.53 Å². The molecular weight excluding hydrogens is 299 g/mol. The summed E-state index contributed by atoms with van der Waals surface area (Å²) in [4.78, 5) is 12.2. The molecule has 0 spiro atoms. The van der Waals surface area contributed by atoms with Crippen molar-refractivity contribution in [2.45, 2.75) is 54.5 Å². The third-order valence-electron chi connectivity index (χ3n) is 4.23. The summed E-state index contributed by atoms with van der Waals surface area (Å²) < 4.78 is 5.97. The van der Waals surface area contributed by atoms with Gasteiger partial charge in [0.2, 0.25) is 0 Å². The number of ether oxygens (including phenoxy) is 1. The minimum absolute atomic E-state index is 0.0629. The van der Waals surface area contributed by atoms with Gasteiger partial charge < -0.3 is 0 Å². The van der Waals surface area contributed by atoms with Gasteiger partial charge in [-0.2, -0.15) is 0 Å². The summed E-state index contributed by atoms with van der Waals surface area (Å²) in [5, 5.41) is 0. The first-order valence-corrected chi connectivity index (χ1v) is 11.6. The molecule has 0 bridgehead atoms. The van der Waals surface area contributed by atoms with E-state index in [1.807, 2.05) is 18.2 Å². The molecule has 1 fully saturated rings. The van der Waals surface area contributed by atoms with Crippen molar-refractivity contribution in [2.75, 3.05) is 0 Å². The van der Waals surface area contributed by atoms with Gasteiger partial charge in [-0.05, 0) is 0 Å². The molecule has 104 valence electrons. The Morgan fingerprint density at radius 2 is 2.00 bits per heavy atom. The Labute approximate surface area is 120 Å². The summed E-state index contributed by atoms with van der Waals surface area (Å²) in [5.74, 6) is 0.470. The van der Waals surface area contributed by atoms with E-state index >= 15 is 0 Å². The van der Waals surface area contributed by atoms with E-state index in [9.17, 15) is 4.79 Å². The molecule has 0 amide bonds. The number of ketones is 1. The second kappa shape index (κ2) is 6.24. The molecule has 3 heteroatoms. The predicted molar refractivity (Wildman–Crippen MR) is 79.7 cm³/mol. The number of carbonyl (C=O) groups is 1. The van der Waals surface area contributed by atoms with E-state index in [1.54, 1.807) is 0 Å². The molecule has 1 aromatic carbocycles. The molecule has 0 heterocycles. The second-order valence-electron chi connectivity index (χ2n) is 5.75. The quantitative estimate of drug-likeness (QED) is 0.787.